The summed E-state index contributed by atoms with van der Waals surface area (Å²) in [5, 5.41) is 5.26. The minimum atomic E-state index is -0.480. The second kappa shape index (κ2) is 9.75. The predicted molar refractivity (Wildman–Crippen MR) is 86.7 cm³/mol. The second-order valence-electron chi connectivity index (χ2n) is 4.68. The van der Waals surface area contributed by atoms with Gasteiger partial charge in [0.05, 0.1) is 0 Å². The van der Waals surface area contributed by atoms with Crippen molar-refractivity contribution in [3.05, 3.63) is 29.8 Å². The van der Waals surface area contributed by atoms with E-state index >= 15 is 0 Å². The van der Waals surface area contributed by atoms with Gasteiger partial charge < -0.3 is 22.1 Å². The molecule has 0 radical (unpaired) electrons. The summed E-state index contributed by atoms with van der Waals surface area (Å²) in [4.78, 5) is 34.2. The molecule has 1 atom stereocenters. The van der Waals surface area contributed by atoms with Gasteiger partial charge in [-0.25, -0.2) is 0 Å². The van der Waals surface area contributed by atoms with Crippen molar-refractivity contribution in [1.29, 1.82) is 0 Å². The number of rotatable bonds is 7. The highest BCUT2D eigenvalue weighted by atomic mass is 35.5. The van der Waals surface area contributed by atoms with Gasteiger partial charge in [-0.05, 0) is 18.2 Å². The van der Waals surface area contributed by atoms with Crippen LogP contribution in [0.25, 0.3) is 0 Å². The number of halogens is 1. The third-order valence-electron chi connectivity index (χ3n) is 2.85. The van der Waals surface area contributed by atoms with Gasteiger partial charge in [0.2, 0.25) is 11.8 Å². The molecule has 7 nitrogen and oxygen atoms in total. The minimum absolute atomic E-state index is 0. The Morgan fingerprint density at radius 2 is 1.95 bits per heavy atom. The molecule has 0 fully saturated rings. The molecule has 3 amide bonds. The number of carbonyl (C=O) groups excluding carboxylic acids is 3. The van der Waals surface area contributed by atoms with E-state index < -0.39 is 5.91 Å². The van der Waals surface area contributed by atoms with Gasteiger partial charge in [0.1, 0.15) is 0 Å². The standard InChI is InChI=1S/C14H20N4O3.ClH/c1-9(8-15)13(20)18-11-4-2-3-10(7-11)14(21)17-6-5-12(16)19;/h2-4,7,9H,5-6,8,15H2,1H3,(H2,16,19)(H,17,21)(H,18,20);1H. The van der Waals surface area contributed by atoms with E-state index in [0.29, 0.717) is 11.3 Å². The predicted octanol–water partition coefficient (Wildman–Crippen LogP) is 0.247. The zero-order chi connectivity index (χ0) is 15.8. The number of nitrogens with two attached hydrogens (primary N) is 2. The fourth-order valence-electron chi connectivity index (χ4n) is 1.51. The molecule has 6 N–H and O–H groups in total. The number of nitrogens with one attached hydrogen (secondary N) is 2. The van der Waals surface area contributed by atoms with Gasteiger partial charge in [-0.2, -0.15) is 0 Å². The lowest BCUT2D eigenvalue weighted by Gasteiger charge is -2.11. The van der Waals surface area contributed by atoms with E-state index in [2.05, 4.69) is 10.6 Å². The van der Waals surface area contributed by atoms with Gasteiger partial charge in [0.25, 0.3) is 5.91 Å². The van der Waals surface area contributed by atoms with E-state index in [4.69, 9.17) is 11.5 Å². The molecule has 1 aromatic carbocycles. The number of anilines is 1. The monoisotopic (exact) mass is 328 g/mol. The van der Waals surface area contributed by atoms with Crippen LogP contribution in [0.2, 0.25) is 0 Å². The molecule has 0 aromatic heterocycles. The van der Waals surface area contributed by atoms with E-state index in [-0.39, 0.29) is 49.6 Å². The van der Waals surface area contributed by atoms with Crippen molar-refractivity contribution in [3.8, 4) is 0 Å². The van der Waals surface area contributed by atoms with Gasteiger partial charge in [0.15, 0.2) is 0 Å². The highest BCUT2D eigenvalue weighted by molar-refractivity contribution is 5.97. The normalized spacial score (nSPS) is 11.0. The maximum atomic E-state index is 11.9. The number of hydrogen-bond acceptors (Lipinski definition) is 4. The van der Waals surface area contributed by atoms with Gasteiger partial charge in [-0.1, -0.05) is 13.0 Å². The summed E-state index contributed by atoms with van der Waals surface area (Å²) in [5.74, 6) is -1.33. The van der Waals surface area contributed by atoms with E-state index in [1.807, 2.05) is 0 Å². The first-order chi connectivity index (χ1) is 9.93. The van der Waals surface area contributed by atoms with Crippen molar-refractivity contribution in [3.63, 3.8) is 0 Å². The first-order valence-corrected chi connectivity index (χ1v) is 6.61. The zero-order valence-electron chi connectivity index (χ0n) is 12.3. The molecule has 0 aliphatic rings. The van der Waals surface area contributed by atoms with Crippen LogP contribution in [0.5, 0.6) is 0 Å². The Kier molecular flexibility index (Phi) is 8.81. The van der Waals surface area contributed by atoms with Crippen molar-refractivity contribution in [1.82, 2.24) is 5.32 Å². The molecule has 0 spiro atoms. The van der Waals surface area contributed by atoms with Crippen LogP contribution in [0.15, 0.2) is 24.3 Å². The molecule has 8 heteroatoms. The summed E-state index contributed by atoms with van der Waals surface area (Å²) in [7, 11) is 0. The average Bonchev–Trinajstić information content (AvgIpc) is 2.46. The Morgan fingerprint density at radius 1 is 1.27 bits per heavy atom. The number of primary amides is 1. The molecular formula is C14H21ClN4O3. The van der Waals surface area contributed by atoms with Crippen molar-refractivity contribution in [2.75, 3.05) is 18.4 Å². The van der Waals surface area contributed by atoms with E-state index in [9.17, 15) is 14.4 Å². The largest absolute Gasteiger partial charge is 0.370 e. The summed E-state index contributed by atoms with van der Waals surface area (Å²) in [6.07, 6.45) is 0.0795. The highest BCUT2D eigenvalue weighted by Crippen LogP contribution is 2.12. The van der Waals surface area contributed by atoms with Gasteiger partial charge in [0, 0.05) is 36.7 Å². The van der Waals surface area contributed by atoms with E-state index in [0.717, 1.165) is 0 Å². The lowest BCUT2D eigenvalue weighted by atomic mass is 10.1. The van der Waals surface area contributed by atoms with Crippen LogP contribution in [0.4, 0.5) is 5.69 Å². The van der Waals surface area contributed by atoms with Crippen molar-refractivity contribution >= 4 is 35.8 Å². The fraction of sp³-hybridized carbons (Fsp3) is 0.357. The smallest absolute Gasteiger partial charge is 0.251 e. The Labute approximate surface area is 135 Å². The van der Waals surface area contributed by atoms with Crippen molar-refractivity contribution in [2.24, 2.45) is 17.4 Å². The van der Waals surface area contributed by atoms with Crippen LogP contribution < -0.4 is 22.1 Å². The number of amides is 3. The van der Waals surface area contributed by atoms with Crippen LogP contribution in [0.3, 0.4) is 0 Å². The van der Waals surface area contributed by atoms with Gasteiger partial charge in [-0.15, -0.1) is 12.4 Å². The molecule has 0 saturated heterocycles. The van der Waals surface area contributed by atoms with Crippen LogP contribution in [-0.2, 0) is 9.59 Å². The Balaban J connectivity index is 0.00000441. The highest BCUT2D eigenvalue weighted by Gasteiger charge is 2.12. The van der Waals surface area contributed by atoms with Gasteiger partial charge in [-0.3, -0.25) is 14.4 Å². The second-order valence-corrected chi connectivity index (χ2v) is 4.68. The van der Waals surface area contributed by atoms with Crippen LogP contribution in [0, 0.1) is 5.92 Å². The minimum Gasteiger partial charge on any atom is -0.370 e. The molecule has 0 saturated carbocycles. The Hall–Kier alpha value is -2.12. The summed E-state index contributed by atoms with van der Waals surface area (Å²) in [5.41, 5.74) is 11.3. The van der Waals surface area contributed by atoms with E-state index in [1.54, 1.807) is 31.2 Å². The summed E-state index contributed by atoms with van der Waals surface area (Å²) >= 11 is 0. The lowest BCUT2D eigenvalue weighted by Crippen LogP contribution is -2.28. The van der Waals surface area contributed by atoms with Crippen LogP contribution in [-0.4, -0.2) is 30.8 Å². The van der Waals surface area contributed by atoms with Crippen LogP contribution in [0.1, 0.15) is 23.7 Å². The number of carbonyl (C=O) groups is 3. The maximum Gasteiger partial charge on any atom is 0.251 e. The van der Waals surface area contributed by atoms with Gasteiger partial charge >= 0.3 is 0 Å². The maximum absolute atomic E-state index is 11.9. The topological polar surface area (TPSA) is 127 Å². The van der Waals surface area contributed by atoms with Crippen molar-refractivity contribution < 1.29 is 14.4 Å². The molecule has 1 aromatic rings. The SMILES string of the molecule is CC(CN)C(=O)Nc1cccc(C(=O)NCCC(N)=O)c1.Cl. The third kappa shape index (κ3) is 6.55. The van der Waals surface area contributed by atoms with Crippen LogP contribution >= 0.6 is 12.4 Å². The molecule has 0 heterocycles. The van der Waals surface area contributed by atoms with E-state index in [1.165, 1.54) is 0 Å². The Bertz CT molecular complexity index is 537. The number of benzene rings is 1. The molecule has 22 heavy (non-hydrogen) atoms. The Morgan fingerprint density at radius 3 is 2.55 bits per heavy atom. The molecule has 122 valence electrons. The molecule has 0 bridgehead atoms. The fourth-order valence-corrected chi connectivity index (χ4v) is 1.51. The molecular weight excluding hydrogens is 308 g/mol. The molecule has 1 rings (SSSR count). The molecule has 0 aliphatic heterocycles. The first kappa shape index (κ1) is 19.9. The lowest BCUT2D eigenvalue weighted by molar-refractivity contribution is -0.119. The van der Waals surface area contributed by atoms with Crippen molar-refractivity contribution in [2.45, 2.75) is 13.3 Å². The average molecular weight is 329 g/mol. The summed E-state index contributed by atoms with van der Waals surface area (Å²) in [6, 6.07) is 6.51. The zero-order valence-corrected chi connectivity index (χ0v) is 13.1. The third-order valence-corrected chi connectivity index (χ3v) is 2.85. The number of hydrogen-bond donors (Lipinski definition) is 4. The quantitative estimate of drug-likeness (QED) is 0.572. The summed E-state index contributed by atoms with van der Waals surface area (Å²) in [6.45, 7) is 2.14. The summed E-state index contributed by atoms with van der Waals surface area (Å²) < 4.78 is 0. The molecule has 1 unspecified atom stereocenters. The molecule has 0 aliphatic carbocycles. The first-order valence-electron chi connectivity index (χ1n) is 6.61.